The number of aliphatic hydroxyl groups is 1. The zero-order valence-corrected chi connectivity index (χ0v) is 8.49. The lowest BCUT2D eigenvalue weighted by atomic mass is 9.96. The van der Waals surface area contributed by atoms with E-state index in [-0.39, 0.29) is 12.0 Å². The van der Waals surface area contributed by atoms with E-state index in [2.05, 4.69) is 11.9 Å². The van der Waals surface area contributed by atoms with E-state index < -0.39 is 0 Å². The van der Waals surface area contributed by atoms with E-state index in [0.717, 1.165) is 17.7 Å². The Morgan fingerprint density at radius 2 is 2.15 bits per heavy atom. The molecule has 13 heavy (non-hydrogen) atoms. The van der Waals surface area contributed by atoms with Gasteiger partial charge in [-0.2, -0.15) is 0 Å². The average Bonchev–Trinajstić information content (AvgIpc) is 2.09. The fourth-order valence-corrected chi connectivity index (χ4v) is 1.50. The number of pyridine rings is 1. The maximum Gasteiger partial charge on any atom is 0.0595 e. The summed E-state index contributed by atoms with van der Waals surface area (Å²) in [6, 6.07) is 4.03. The zero-order chi connectivity index (χ0) is 9.84. The normalized spacial score (nSPS) is 15.4. The van der Waals surface area contributed by atoms with Gasteiger partial charge in [-0.1, -0.05) is 13.0 Å². The van der Waals surface area contributed by atoms with Crippen LogP contribution in [0.5, 0.6) is 0 Å². The molecule has 2 nitrogen and oxygen atoms in total. The quantitative estimate of drug-likeness (QED) is 0.772. The molecule has 0 saturated carbocycles. The molecule has 1 aromatic rings. The van der Waals surface area contributed by atoms with Crippen LogP contribution in [0, 0.1) is 6.92 Å². The largest absolute Gasteiger partial charge is 0.393 e. The smallest absolute Gasteiger partial charge is 0.0595 e. The molecule has 1 aromatic heterocycles. The third-order valence-electron chi connectivity index (χ3n) is 2.34. The Hall–Kier alpha value is -0.890. The molecule has 2 heteroatoms. The van der Waals surface area contributed by atoms with Crippen molar-refractivity contribution in [3.63, 3.8) is 0 Å². The summed E-state index contributed by atoms with van der Waals surface area (Å²) in [4.78, 5) is 4.31. The topological polar surface area (TPSA) is 33.1 Å². The molecule has 1 N–H and O–H groups in total. The van der Waals surface area contributed by atoms with Crippen molar-refractivity contribution in [1.82, 2.24) is 4.98 Å². The van der Waals surface area contributed by atoms with Crippen molar-refractivity contribution in [2.24, 2.45) is 0 Å². The first-order valence-corrected chi connectivity index (χ1v) is 4.75. The highest BCUT2D eigenvalue weighted by atomic mass is 16.3. The highest BCUT2D eigenvalue weighted by molar-refractivity contribution is 5.16. The van der Waals surface area contributed by atoms with Crippen molar-refractivity contribution in [3.8, 4) is 0 Å². The highest BCUT2D eigenvalue weighted by Gasteiger charge is 2.15. The molecular weight excluding hydrogens is 162 g/mol. The Balaban J connectivity index is 2.86. The van der Waals surface area contributed by atoms with Crippen LogP contribution in [-0.4, -0.2) is 16.2 Å². The van der Waals surface area contributed by atoms with E-state index in [1.54, 1.807) is 0 Å². The van der Waals surface area contributed by atoms with Crippen LogP contribution in [0.1, 0.15) is 37.4 Å². The number of hydrogen-bond donors (Lipinski definition) is 1. The second-order valence-corrected chi connectivity index (χ2v) is 3.52. The lowest BCUT2D eigenvalue weighted by Gasteiger charge is -2.17. The number of aryl methyl sites for hydroxylation is 1. The van der Waals surface area contributed by atoms with E-state index in [4.69, 9.17) is 0 Å². The molecule has 0 bridgehead atoms. The minimum atomic E-state index is -0.319. The van der Waals surface area contributed by atoms with Gasteiger partial charge in [0.1, 0.15) is 0 Å². The van der Waals surface area contributed by atoms with Crippen LogP contribution in [0.2, 0.25) is 0 Å². The van der Waals surface area contributed by atoms with Crippen LogP contribution in [0.15, 0.2) is 18.3 Å². The van der Waals surface area contributed by atoms with Crippen molar-refractivity contribution >= 4 is 0 Å². The molecule has 72 valence electrons. The van der Waals surface area contributed by atoms with Gasteiger partial charge < -0.3 is 5.11 Å². The number of nitrogens with zero attached hydrogens (tertiary/aromatic N) is 1. The summed E-state index contributed by atoms with van der Waals surface area (Å²) in [6.07, 6.45) is 2.45. The first-order valence-electron chi connectivity index (χ1n) is 4.75. The molecule has 0 aliphatic rings. The van der Waals surface area contributed by atoms with Crippen molar-refractivity contribution in [3.05, 3.63) is 29.6 Å². The van der Waals surface area contributed by atoms with Gasteiger partial charge in [0.15, 0.2) is 0 Å². The molecule has 2 unspecified atom stereocenters. The van der Waals surface area contributed by atoms with E-state index in [1.165, 1.54) is 0 Å². The summed E-state index contributed by atoms with van der Waals surface area (Å²) in [7, 11) is 0. The summed E-state index contributed by atoms with van der Waals surface area (Å²) >= 11 is 0. The molecule has 0 aliphatic heterocycles. The molecule has 2 atom stereocenters. The van der Waals surface area contributed by atoms with Gasteiger partial charge in [0.2, 0.25) is 0 Å². The summed E-state index contributed by atoms with van der Waals surface area (Å²) in [5.74, 6) is 0.167. The fourth-order valence-electron chi connectivity index (χ4n) is 1.50. The molecule has 0 saturated heterocycles. The standard InChI is InChI=1S/C11H17NO/c1-4-10(9(3)13)11-6-5-8(2)7-12-11/h5-7,9-10,13H,4H2,1-3H3. The highest BCUT2D eigenvalue weighted by Crippen LogP contribution is 2.21. The van der Waals surface area contributed by atoms with E-state index in [1.807, 2.05) is 32.2 Å². The van der Waals surface area contributed by atoms with Gasteiger partial charge in [-0.05, 0) is 31.9 Å². The fraction of sp³-hybridized carbons (Fsp3) is 0.545. The Kier molecular flexibility index (Phi) is 3.43. The second-order valence-electron chi connectivity index (χ2n) is 3.52. The molecule has 0 aliphatic carbocycles. The predicted molar refractivity (Wildman–Crippen MR) is 53.7 cm³/mol. The summed E-state index contributed by atoms with van der Waals surface area (Å²) in [6.45, 7) is 5.90. The monoisotopic (exact) mass is 179 g/mol. The molecule has 0 spiro atoms. The van der Waals surface area contributed by atoms with E-state index >= 15 is 0 Å². The van der Waals surface area contributed by atoms with Crippen LogP contribution in [0.3, 0.4) is 0 Å². The van der Waals surface area contributed by atoms with Crippen molar-refractivity contribution in [2.75, 3.05) is 0 Å². The van der Waals surface area contributed by atoms with E-state index in [9.17, 15) is 5.11 Å². The average molecular weight is 179 g/mol. The van der Waals surface area contributed by atoms with Gasteiger partial charge in [-0.15, -0.1) is 0 Å². The third-order valence-corrected chi connectivity index (χ3v) is 2.34. The maximum absolute atomic E-state index is 9.49. The number of aromatic nitrogens is 1. The van der Waals surface area contributed by atoms with Crippen molar-refractivity contribution in [2.45, 2.75) is 39.2 Å². The van der Waals surface area contributed by atoms with Gasteiger partial charge in [0, 0.05) is 17.8 Å². The van der Waals surface area contributed by atoms with Crippen LogP contribution in [-0.2, 0) is 0 Å². The lowest BCUT2D eigenvalue weighted by molar-refractivity contribution is 0.158. The van der Waals surface area contributed by atoms with Gasteiger partial charge in [-0.25, -0.2) is 0 Å². The predicted octanol–water partition coefficient (Wildman–Crippen LogP) is 2.26. The van der Waals surface area contributed by atoms with Gasteiger partial charge >= 0.3 is 0 Å². The van der Waals surface area contributed by atoms with Crippen LogP contribution < -0.4 is 0 Å². The first kappa shape index (κ1) is 10.2. The van der Waals surface area contributed by atoms with Crippen molar-refractivity contribution < 1.29 is 5.11 Å². The zero-order valence-electron chi connectivity index (χ0n) is 8.49. The Bertz CT molecular complexity index is 253. The van der Waals surface area contributed by atoms with Crippen LogP contribution in [0.4, 0.5) is 0 Å². The second kappa shape index (κ2) is 4.38. The molecule has 0 fully saturated rings. The molecule has 1 heterocycles. The lowest BCUT2D eigenvalue weighted by Crippen LogP contribution is -2.14. The Morgan fingerprint density at radius 3 is 2.54 bits per heavy atom. The van der Waals surface area contributed by atoms with Crippen molar-refractivity contribution in [1.29, 1.82) is 0 Å². The van der Waals surface area contributed by atoms with Gasteiger partial charge in [-0.3, -0.25) is 4.98 Å². The number of aliphatic hydroxyl groups excluding tert-OH is 1. The minimum Gasteiger partial charge on any atom is -0.393 e. The van der Waals surface area contributed by atoms with Crippen LogP contribution >= 0.6 is 0 Å². The first-order chi connectivity index (χ1) is 6.15. The minimum absolute atomic E-state index is 0.167. The van der Waals surface area contributed by atoms with Crippen LogP contribution in [0.25, 0.3) is 0 Å². The molecule has 0 radical (unpaired) electrons. The molecule has 0 aromatic carbocycles. The van der Waals surface area contributed by atoms with Gasteiger partial charge in [0.25, 0.3) is 0 Å². The van der Waals surface area contributed by atoms with Gasteiger partial charge in [0.05, 0.1) is 6.10 Å². The molecular formula is C11H17NO. The number of rotatable bonds is 3. The SMILES string of the molecule is CCC(c1ccc(C)cn1)C(C)O. The number of hydrogen-bond acceptors (Lipinski definition) is 2. The Labute approximate surface area is 79.6 Å². The molecule has 0 amide bonds. The Morgan fingerprint density at radius 1 is 1.46 bits per heavy atom. The maximum atomic E-state index is 9.49. The third kappa shape index (κ3) is 2.52. The summed E-state index contributed by atoms with van der Waals surface area (Å²) < 4.78 is 0. The summed E-state index contributed by atoms with van der Waals surface area (Å²) in [5, 5.41) is 9.49. The molecule has 1 rings (SSSR count). The summed E-state index contributed by atoms with van der Waals surface area (Å²) in [5.41, 5.74) is 2.15. The van der Waals surface area contributed by atoms with E-state index in [0.29, 0.717) is 0 Å².